The number of carbonyl (C=O) groups excluding carboxylic acids is 1. The molecule has 0 bridgehead atoms. The lowest BCUT2D eigenvalue weighted by molar-refractivity contribution is 0.0701. The highest BCUT2D eigenvalue weighted by atomic mass is 16.2. The molecule has 1 aliphatic rings. The Bertz CT molecular complexity index is 1080. The minimum atomic E-state index is -0.237. The molecule has 1 saturated heterocycles. The second-order valence-electron chi connectivity index (χ2n) is 7.66. The van der Waals surface area contributed by atoms with Crippen LogP contribution in [0.25, 0.3) is 11.0 Å². The number of carbonyl (C=O) groups is 1. The summed E-state index contributed by atoms with van der Waals surface area (Å²) < 4.78 is 0. The number of nitrogens with one attached hydrogen (secondary N) is 3. The van der Waals surface area contributed by atoms with Gasteiger partial charge < -0.3 is 10.2 Å². The van der Waals surface area contributed by atoms with E-state index in [-0.39, 0.29) is 23.4 Å². The van der Waals surface area contributed by atoms with Crippen molar-refractivity contribution >= 4 is 16.9 Å². The summed E-state index contributed by atoms with van der Waals surface area (Å²) in [4.78, 5) is 31.8. The fourth-order valence-electron chi connectivity index (χ4n) is 4.09. The monoisotopic (exact) mass is 379 g/mol. The van der Waals surface area contributed by atoms with Crippen LogP contribution in [0.1, 0.15) is 52.9 Å². The van der Waals surface area contributed by atoms with Crippen LogP contribution >= 0.6 is 0 Å². The van der Waals surface area contributed by atoms with Gasteiger partial charge in [0.15, 0.2) is 5.65 Å². The molecule has 1 amide bonds. The van der Waals surface area contributed by atoms with Crippen molar-refractivity contribution in [3.05, 3.63) is 63.1 Å². The summed E-state index contributed by atoms with van der Waals surface area (Å²) in [6.45, 7) is 8.01. The lowest BCUT2D eigenvalue weighted by atomic mass is 9.94. The zero-order chi connectivity index (χ0) is 19.8. The average molecular weight is 379 g/mol. The third kappa shape index (κ3) is 3.11. The smallest absolute Gasteiger partial charge is 0.273 e. The van der Waals surface area contributed by atoms with Crippen molar-refractivity contribution in [1.82, 2.24) is 25.4 Å². The molecule has 7 nitrogen and oxygen atoms in total. The molecule has 0 saturated carbocycles. The Balaban J connectivity index is 1.70. The first kappa shape index (κ1) is 18.4. The molecule has 0 spiro atoms. The van der Waals surface area contributed by atoms with E-state index in [1.165, 1.54) is 11.1 Å². The number of aromatic amines is 2. The number of hydrogen-bond donors (Lipinski definition) is 3. The summed E-state index contributed by atoms with van der Waals surface area (Å²) >= 11 is 0. The summed E-state index contributed by atoms with van der Waals surface area (Å²) in [5.41, 5.74) is 3.93. The summed E-state index contributed by atoms with van der Waals surface area (Å²) in [5, 5.41) is 9.35. The van der Waals surface area contributed by atoms with Crippen molar-refractivity contribution in [3.8, 4) is 0 Å². The predicted octanol–water partition coefficient (Wildman–Crippen LogP) is 2.47. The van der Waals surface area contributed by atoms with Crippen LogP contribution in [-0.2, 0) is 0 Å². The molecule has 3 N–H and O–H groups in total. The van der Waals surface area contributed by atoms with Gasteiger partial charge in [-0.25, -0.2) is 4.98 Å². The fraction of sp³-hybridized carbons (Fsp3) is 0.381. The van der Waals surface area contributed by atoms with Crippen LogP contribution in [0.4, 0.5) is 0 Å². The molecule has 0 aliphatic carbocycles. The van der Waals surface area contributed by atoms with Gasteiger partial charge in [-0.1, -0.05) is 38.1 Å². The van der Waals surface area contributed by atoms with E-state index in [2.05, 4.69) is 39.6 Å². The van der Waals surface area contributed by atoms with E-state index in [4.69, 9.17) is 0 Å². The molecule has 7 heteroatoms. The zero-order valence-electron chi connectivity index (χ0n) is 16.4. The molecule has 0 radical (unpaired) electrons. The van der Waals surface area contributed by atoms with Crippen LogP contribution in [-0.4, -0.2) is 45.6 Å². The van der Waals surface area contributed by atoms with Crippen LogP contribution in [0.3, 0.4) is 0 Å². The van der Waals surface area contributed by atoms with Gasteiger partial charge in [0.25, 0.3) is 11.5 Å². The molecular formula is C21H25N5O2. The third-order valence-electron chi connectivity index (χ3n) is 5.47. The molecule has 3 aromatic rings. The number of hydrogen-bond acceptors (Lipinski definition) is 4. The molecule has 1 unspecified atom stereocenters. The molecule has 2 aromatic heterocycles. The van der Waals surface area contributed by atoms with Crippen molar-refractivity contribution in [2.75, 3.05) is 19.6 Å². The maximum Gasteiger partial charge on any atom is 0.273 e. The Morgan fingerprint density at radius 2 is 2.04 bits per heavy atom. The molecule has 28 heavy (non-hydrogen) atoms. The number of aryl methyl sites for hydroxylation is 1. The largest absolute Gasteiger partial charge is 0.335 e. The van der Waals surface area contributed by atoms with E-state index in [0.29, 0.717) is 29.7 Å². The van der Waals surface area contributed by atoms with Gasteiger partial charge in [0.1, 0.15) is 0 Å². The number of rotatable bonds is 3. The van der Waals surface area contributed by atoms with Gasteiger partial charge >= 0.3 is 0 Å². The first-order valence-electron chi connectivity index (χ1n) is 9.64. The SMILES string of the molecule is Cc1ccccc1C1CN(C(=O)c2cnc3[nH][nH]c(=O)c3c2C(C)C)CCN1. The molecule has 1 aliphatic heterocycles. The summed E-state index contributed by atoms with van der Waals surface area (Å²) in [7, 11) is 0. The van der Waals surface area contributed by atoms with E-state index < -0.39 is 0 Å². The van der Waals surface area contributed by atoms with Crippen molar-refractivity contribution < 1.29 is 4.79 Å². The number of benzene rings is 1. The number of nitrogens with zero attached hydrogens (tertiary/aromatic N) is 2. The summed E-state index contributed by atoms with van der Waals surface area (Å²) in [6.07, 6.45) is 1.59. The number of fused-ring (bicyclic) bond motifs is 1. The third-order valence-corrected chi connectivity index (χ3v) is 5.47. The lowest BCUT2D eigenvalue weighted by Crippen LogP contribution is -2.48. The Morgan fingerprint density at radius 3 is 2.79 bits per heavy atom. The number of piperazine rings is 1. The maximum absolute atomic E-state index is 13.4. The normalized spacial score (nSPS) is 17.4. The molecule has 1 aromatic carbocycles. The Labute approximate surface area is 163 Å². The first-order chi connectivity index (χ1) is 13.5. The van der Waals surface area contributed by atoms with Gasteiger partial charge in [0, 0.05) is 25.8 Å². The van der Waals surface area contributed by atoms with Gasteiger partial charge in [0.2, 0.25) is 0 Å². The maximum atomic E-state index is 13.4. The van der Waals surface area contributed by atoms with Crippen LogP contribution in [0, 0.1) is 6.92 Å². The molecule has 3 heterocycles. The second kappa shape index (κ2) is 7.24. The highest BCUT2D eigenvalue weighted by Gasteiger charge is 2.29. The minimum absolute atomic E-state index is 0.0245. The summed E-state index contributed by atoms with van der Waals surface area (Å²) in [6, 6.07) is 8.33. The predicted molar refractivity (Wildman–Crippen MR) is 109 cm³/mol. The average Bonchev–Trinajstić information content (AvgIpc) is 3.08. The van der Waals surface area contributed by atoms with Gasteiger partial charge in [-0.3, -0.25) is 19.8 Å². The fourth-order valence-corrected chi connectivity index (χ4v) is 4.09. The van der Waals surface area contributed by atoms with E-state index in [9.17, 15) is 9.59 Å². The second-order valence-corrected chi connectivity index (χ2v) is 7.66. The van der Waals surface area contributed by atoms with Gasteiger partial charge in [-0.2, -0.15) is 0 Å². The Kier molecular flexibility index (Phi) is 4.77. The van der Waals surface area contributed by atoms with Crippen LogP contribution in [0.15, 0.2) is 35.3 Å². The van der Waals surface area contributed by atoms with Gasteiger partial charge in [-0.05, 0) is 29.5 Å². The first-order valence-corrected chi connectivity index (χ1v) is 9.64. The van der Waals surface area contributed by atoms with Gasteiger partial charge in [-0.15, -0.1) is 0 Å². The molecule has 1 atom stereocenters. The Hall–Kier alpha value is -2.93. The zero-order valence-corrected chi connectivity index (χ0v) is 16.4. The van der Waals surface area contributed by atoms with E-state index in [1.54, 1.807) is 6.20 Å². The van der Waals surface area contributed by atoms with Gasteiger partial charge in [0.05, 0.1) is 17.0 Å². The number of H-pyrrole nitrogens is 2. The standard InChI is InChI=1S/C21H25N5O2/c1-12(2)17-15(10-23-19-18(17)20(27)25-24-19)21(28)26-9-8-22-16(11-26)14-7-5-4-6-13(14)3/h4-7,10,12,16,22H,8-9,11H2,1-3H3,(H2,23,24,25,27). The number of amides is 1. The van der Waals surface area contributed by atoms with Crippen molar-refractivity contribution in [2.24, 2.45) is 0 Å². The number of aromatic nitrogens is 3. The van der Waals surface area contributed by atoms with E-state index >= 15 is 0 Å². The van der Waals surface area contributed by atoms with Crippen LogP contribution < -0.4 is 10.9 Å². The minimum Gasteiger partial charge on any atom is -0.335 e. The van der Waals surface area contributed by atoms with Crippen LogP contribution in [0.5, 0.6) is 0 Å². The molecule has 1 fully saturated rings. The van der Waals surface area contributed by atoms with E-state index in [1.807, 2.05) is 30.9 Å². The Morgan fingerprint density at radius 1 is 1.25 bits per heavy atom. The van der Waals surface area contributed by atoms with Crippen molar-refractivity contribution in [1.29, 1.82) is 0 Å². The highest BCUT2D eigenvalue weighted by molar-refractivity contribution is 5.99. The van der Waals surface area contributed by atoms with Crippen molar-refractivity contribution in [3.63, 3.8) is 0 Å². The topological polar surface area (TPSA) is 93.9 Å². The summed E-state index contributed by atoms with van der Waals surface area (Å²) in [5.74, 6) is -0.0461. The number of pyridine rings is 1. The molecular weight excluding hydrogens is 354 g/mol. The quantitative estimate of drug-likeness (QED) is 0.652. The highest BCUT2D eigenvalue weighted by Crippen LogP contribution is 2.27. The van der Waals surface area contributed by atoms with E-state index in [0.717, 1.165) is 12.1 Å². The molecule has 4 rings (SSSR count). The van der Waals surface area contributed by atoms with Crippen LogP contribution in [0.2, 0.25) is 0 Å². The van der Waals surface area contributed by atoms with Crippen molar-refractivity contribution in [2.45, 2.75) is 32.7 Å². The molecule has 146 valence electrons. The lowest BCUT2D eigenvalue weighted by Gasteiger charge is -2.35.